The molecule has 0 N–H and O–H groups in total. The quantitative estimate of drug-likeness (QED) is 0.741. The highest BCUT2D eigenvalue weighted by molar-refractivity contribution is 5.96. The van der Waals surface area contributed by atoms with Crippen molar-refractivity contribution in [3.8, 4) is 5.88 Å². The van der Waals surface area contributed by atoms with Gasteiger partial charge in [-0.25, -0.2) is 4.98 Å². The Hall–Kier alpha value is -2.88. The molecule has 24 heavy (non-hydrogen) atoms. The topological polar surface area (TPSA) is 42.4 Å². The fourth-order valence-electron chi connectivity index (χ4n) is 3.21. The summed E-state index contributed by atoms with van der Waals surface area (Å²) in [6.07, 6.45) is 3.71. The number of benzene rings is 2. The van der Waals surface area contributed by atoms with E-state index in [1.807, 2.05) is 53.4 Å². The predicted octanol–water partition coefficient (Wildman–Crippen LogP) is 3.59. The van der Waals surface area contributed by atoms with Gasteiger partial charge in [-0.3, -0.25) is 4.79 Å². The summed E-state index contributed by atoms with van der Waals surface area (Å²) in [7, 11) is 0. The molecular formula is C20H18N2O2. The molecule has 0 radical (unpaired) electrons. The van der Waals surface area contributed by atoms with Crippen molar-refractivity contribution in [2.24, 2.45) is 0 Å². The van der Waals surface area contributed by atoms with Gasteiger partial charge in [0.1, 0.15) is 0 Å². The van der Waals surface area contributed by atoms with Gasteiger partial charge in [-0.2, -0.15) is 0 Å². The van der Waals surface area contributed by atoms with Gasteiger partial charge in [-0.1, -0.05) is 36.4 Å². The summed E-state index contributed by atoms with van der Waals surface area (Å²) < 4.78 is 5.75. The number of amides is 1. The monoisotopic (exact) mass is 318 g/mol. The van der Waals surface area contributed by atoms with E-state index in [9.17, 15) is 4.79 Å². The summed E-state index contributed by atoms with van der Waals surface area (Å²) in [4.78, 5) is 18.7. The number of carbonyl (C=O) groups excluding carboxylic acids is 1. The van der Waals surface area contributed by atoms with Crippen LogP contribution in [0.5, 0.6) is 5.88 Å². The average Bonchev–Trinajstić information content (AvgIpc) is 2.65. The average molecular weight is 318 g/mol. The zero-order valence-corrected chi connectivity index (χ0v) is 13.3. The molecule has 1 amide bonds. The van der Waals surface area contributed by atoms with E-state index in [-0.39, 0.29) is 12.5 Å². The molecule has 2 heterocycles. The van der Waals surface area contributed by atoms with E-state index in [1.54, 1.807) is 6.20 Å². The first-order valence-electron chi connectivity index (χ1n) is 8.18. The van der Waals surface area contributed by atoms with Crippen LogP contribution in [0.4, 0.5) is 5.69 Å². The zero-order chi connectivity index (χ0) is 16.4. The van der Waals surface area contributed by atoms with E-state index in [2.05, 4.69) is 11.1 Å². The minimum Gasteiger partial charge on any atom is -0.467 e. The van der Waals surface area contributed by atoms with Crippen LogP contribution in [-0.2, 0) is 11.2 Å². The molecule has 2 aromatic carbocycles. The number of para-hydroxylation sites is 1. The van der Waals surface area contributed by atoms with E-state index in [1.165, 1.54) is 5.56 Å². The first-order valence-corrected chi connectivity index (χ1v) is 8.18. The van der Waals surface area contributed by atoms with Crippen LogP contribution < -0.4 is 9.64 Å². The normalized spacial score (nSPS) is 13.6. The standard InChI is InChI=1S/C20H18N2O2/c23-19(22-13-5-8-16-7-2-4-10-18(16)22)14-24-20-17-9-3-1-6-15(17)11-12-21-20/h1-4,6-7,9-12H,5,8,13-14H2. The molecule has 1 aromatic heterocycles. The van der Waals surface area contributed by atoms with Gasteiger partial charge >= 0.3 is 0 Å². The first kappa shape index (κ1) is 14.7. The molecule has 0 bridgehead atoms. The van der Waals surface area contributed by atoms with Gasteiger partial charge in [0.05, 0.1) is 0 Å². The van der Waals surface area contributed by atoms with Gasteiger partial charge < -0.3 is 9.64 Å². The molecule has 0 unspecified atom stereocenters. The molecule has 0 saturated carbocycles. The molecule has 0 aliphatic carbocycles. The number of nitrogens with zero attached hydrogens (tertiary/aromatic N) is 2. The largest absolute Gasteiger partial charge is 0.467 e. The number of hydrogen-bond donors (Lipinski definition) is 0. The second-order valence-corrected chi connectivity index (χ2v) is 5.90. The fraction of sp³-hybridized carbons (Fsp3) is 0.200. The Kier molecular flexibility index (Phi) is 3.87. The third-order valence-electron chi connectivity index (χ3n) is 4.38. The Morgan fingerprint density at radius 2 is 1.92 bits per heavy atom. The van der Waals surface area contributed by atoms with Gasteiger partial charge in [0.2, 0.25) is 5.88 Å². The van der Waals surface area contributed by atoms with Crippen LogP contribution in [0.1, 0.15) is 12.0 Å². The molecule has 4 heteroatoms. The minimum atomic E-state index is -0.0307. The highest BCUT2D eigenvalue weighted by Gasteiger charge is 2.22. The van der Waals surface area contributed by atoms with Crippen molar-refractivity contribution < 1.29 is 9.53 Å². The predicted molar refractivity (Wildman–Crippen MR) is 94.4 cm³/mol. The molecule has 0 spiro atoms. The van der Waals surface area contributed by atoms with Gasteiger partial charge in [-0.05, 0) is 42.0 Å². The molecule has 4 rings (SSSR count). The number of anilines is 1. The Morgan fingerprint density at radius 1 is 1.08 bits per heavy atom. The van der Waals surface area contributed by atoms with Crippen LogP contribution in [0.25, 0.3) is 10.8 Å². The summed E-state index contributed by atoms with van der Waals surface area (Å²) in [5.41, 5.74) is 2.23. The van der Waals surface area contributed by atoms with Gasteiger partial charge in [-0.15, -0.1) is 0 Å². The number of carbonyl (C=O) groups is 1. The van der Waals surface area contributed by atoms with E-state index < -0.39 is 0 Å². The second-order valence-electron chi connectivity index (χ2n) is 5.90. The number of fused-ring (bicyclic) bond motifs is 2. The van der Waals surface area contributed by atoms with Crippen molar-refractivity contribution in [1.82, 2.24) is 4.98 Å². The van der Waals surface area contributed by atoms with Gasteiger partial charge in [0.25, 0.3) is 5.91 Å². The fourth-order valence-corrected chi connectivity index (χ4v) is 3.21. The Bertz CT molecular complexity index is 886. The van der Waals surface area contributed by atoms with Crippen LogP contribution in [0.3, 0.4) is 0 Å². The Morgan fingerprint density at radius 3 is 2.88 bits per heavy atom. The van der Waals surface area contributed by atoms with Crippen molar-refractivity contribution in [2.75, 3.05) is 18.1 Å². The molecule has 0 atom stereocenters. The maximum Gasteiger partial charge on any atom is 0.264 e. The molecule has 1 aliphatic heterocycles. The number of hydrogen-bond acceptors (Lipinski definition) is 3. The third-order valence-corrected chi connectivity index (χ3v) is 4.38. The summed E-state index contributed by atoms with van der Waals surface area (Å²) >= 11 is 0. The molecular weight excluding hydrogens is 300 g/mol. The highest BCUT2D eigenvalue weighted by atomic mass is 16.5. The number of aryl methyl sites for hydroxylation is 1. The number of aromatic nitrogens is 1. The van der Waals surface area contributed by atoms with E-state index in [4.69, 9.17) is 4.74 Å². The van der Waals surface area contributed by atoms with E-state index >= 15 is 0 Å². The summed E-state index contributed by atoms with van der Waals surface area (Å²) in [5.74, 6) is 0.476. The molecule has 4 nitrogen and oxygen atoms in total. The Labute approximate surface area is 140 Å². The number of ether oxygens (including phenoxy) is 1. The summed E-state index contributed by atoms with van der Waals surface area (Å²) in [6.45, 7) is 0.734. The smallest absolute Gasteiger partial charge is 0.264 e. The first-order chi connectivity index (χ1) is 11.8. The maximum absolute atomic E-state index is 12.6. The van der Waals surface area contributed by atoms with Crippen LogP contribution in [0.15, 0.2) is 60.8 Å². The van der Waals surface area contributed by atoms with Crippen LogP contribution in [0, 0.1) is 0 Å². The SMILES string of the molecule is O=C(COc1nccc2ccccc12)N1CCCc2ccccc21. The number of pyridine rings is 1. The second kappa shape index (κ2) is 6.32. The molecule has 3 aromatic rings. The summed E-state index contributed by atoms with van der Waals surface area (Å²) in [6, 6.07) is 17.9. The van der Waals surface area contributed by atoms with Gasteiger partial charge in [0, 0.05) is 23.8 Å². The lowest BCUT2D eigenvalue weighted by Crippen LogP contribution is -2.38. The van der Waals surface area contributed by atoms with Crippen molar-refractivity contribution in [3.63, 3.8) is 0 Å². The minimum absolute atomic E-state index is 0.00462. The molecule has 0 saturated heterocycles. The van der Waals surface area contributed by atoms with Crippen molar-refractivity contribution in [1.29, 1.82) is 0 Å². The van der Waals surface area contributed by atoms with Crippen LogP contribution in [0.2, 0.25) is 0 Å². The van der Waals surface area contributed by atoms with Crippen LogP contribution in [-0.4, -0.2) is 24.0 Å². The Balaban J connectivity index is 1.53. The van der Waals surface area contributed by atoms with Crippen molar-refractivity contribution in [3.05, 3.63) is 66.4 Å². The maximum atomic E-state index is 12.6. The van der Waals surface area contributed by atoms with Crippen LogP contribution >= 0.6 is 0 Å². The lowest BCUT2D eigenvalue weighted by atomic mass is 10.0. The van der Waals surface area contributed by atoms with E-state index in [0.717, 1.165) is 35.8 Å². The lowest BCUT2D eigenvalue weighted by molar-refractivity contribution is -0.120. The van der Waals surface area contributed by atoms with Crippen molar-refractivity contribution >= 4 is 22.4 Å². The molecule has 0 fully saturated rings. The van der Waals surface area contributed by atoms with E-state index in [0.29, 0.717) is 5.88 Å². The zero-order valence-electron chi connectivity index (χ0n) is 13.3. The summed E-state index contributed by atoms with van der Waals surface area (Å²) in [5, 5.41) is 1.98. The van der Waals surface area contributed by atoms with Gasteiger partial charge in [0.15, 0.2) is 6.61 Å². The molecule has 120 valence electrons. The highest BCUT2D eigenvalue weighted by Crippen LogP contribution is 2.27. The lowest BCUT2D eigenvalue weighted by Gasteiger charge is -2.29. The number of rotatable bonds is 3. The van der Waals surface area contributed by atoms with Crippen molar-refractivity contribution in [2.45, 2.75) is 12.8 Å². The third kappa shape index (κ3) is 2.71. The molecule has 1 aliphatic rings.